The van der Waals surface area contributed by atoms with E-state index < -0.39 is 0 Å². The first-order valence-electron chi connectivity index (χ1n) is 5.29. The Morgan fingerprint density at radius 3 is 3.07 bits per heavy atom. The summed E-state index contributed by atoms with van der Waals surface area (Å²) >= 11 is 0. The van der Waals surface area contributed by atoms with E-state index in [9.17, 15) is 0 Å². The summed E-state index contributed by atoms with van der Waals surface area (Å²) in [5, 5.41) is 3.40. The Balaban J connectivity index is 2.26. The van der Waals surface area contributed by atoms with Crippen molar-refractivity contribution < 1.29 is 0 Å². The molecule has 2 atom stereocenters. The van der Waals surface area contributed by atoms with Crippen molar-refractivity contribution in [1.29, 1.82) is 0 Å². The van der Waals surface area contributed by atoms with E-state index >= 15 is 0 Å². The number of rotatable bonds is 2. The first-order chi connectivity index (χ1) is 6.66. The van der Waals surface area contributed by atoms with E-state index in [0.717, 1.165) is 13.0 Å². The van der Waals surface area contributed by atoms with Gasteiger partial charge in [-0.1, -0.05) is 19.1 Å². The highest BCUT2D eigenvalue weighted by Crippen LogP contribution is 2.31. The fourth-order valence-corrected chi connectivity index (χ4v) is 2.05. The summed E-state index contributed by atoms with van der Waals surface area (Å²) < 4.78 is 0. The van der Waals surface area contributed by atoms with Crippen LogP contribution in [0.1, 0.15) is 30.9 Å². The molecule has 14 heavy (non-hydrogen) atoms. The molecule has 1 aromatic carbocycles. The first kappa shape index (κ1) is 9.53. The highest BCUT2D eigenvalue weighted by Gasteiger charge is 2.17. The van der Waals surface area contributed by atoms with Crippen molar-refractivity contribution in [2.45, 2.75) is 32.2 Å². The van der Waals surface area contributed by atoms with Gasteiger partial charge in [-0.15, -0.1) is 0 Å². The molecule has 0 spiro atoms. The largest absolute Gasteiger partial charge is 0.384 e. The third-order valence-electron chi connectivity index (χ3n) is 2.80. The highest BCUT2D eigenvalue weighted by molar-refractivity contribution is 5.58. The molecule has 3 N–H and O–H groups in total. The predicted octanol–water partition coefficient (Wildman–Crippen LogP) is 2.11. The quantitative estimate of drug-likeness (QED) is 0.749. The Morgan fingerprint density at radius 1 is 1.57 bits per heavy atom. The molecule has 2 nitrogen and oxygen atoms in total. The Labute approximate surface area is 85.5 Å². The average molecular weight is 190 g/mol. The van der Waals surface area contributed by atoms with Crippen LogP contribution in [0.15, 0.2) is 18.2 Å². The van der Waals surface area contributed by atoms with E-state index in [-0.39, 0.29) is 6.04 Å². The number of benzene rings is 1. The topological polar surface area (TPSA) is 38.0 Å². The van der Waals surface area contributed by atoms with E-state index in [1.807, 2.05) is 0 Å². The molecule has 1 heterocycles. The van der Waals surface area contributed by atoms with Gasteiger partial charge in [0, 0.05) is 24.2 Å². The second-order valence-electron chi connectivity index (χ2n) is 4.38. The molecule has 0 bridgehead atoms. The maximum Gasteiger partial charge on any atom is 0.0376 e. The Kier molecular flexibility index (Phi) is 2.46. The Bertz CT molecular complexity index is 331. The predicted molar refractivity (Wildman–Crippen MR) is 60.7 cm³/mol. The molecule has 76 valence electrons. The van der Waals surface area contributed by atoms with Gasteiger partial charge in [0.05, 0.1) is 0 Å². The molecule has 0 fully saturated rings. The van der Waals surface area contributed by atoms with E-state index in [1.165, 1.54) is 16.8 Å². The van der Waals surface area contributed by atoms with Gasteiger partial charge in [-0.25, -0.2) is 0 Å². The van der Waals surface area contributed by atoms with Crippen molar-refractivity contribution in [3.05, 3.63) is 29.3 Å². The number of anilines is 1. The summed E-state index contributed by atoms with van der Waals surface area (Å²) in [5.74, 6) is 0.637. The normalized spacial score (nSPS) is 21.5. The minimum absolute atomic E-state index is 0.248. The van der Waals surface area contributed by atoms with Gasteiger partial charge in [0.25, 0.3) is 0 Å². The molecule has 1 aliphatic heterocycles. The van der Waals surface area contributed by atoms with Crippen molar-refractivity contribution in [2.75, 3.05) is 11.9 Å². The molecule has 2 heteroatoms. The van der Waals surface area contributed by atoms with E-state index in [4.69, 9.17) is 5.73 Å². The van der Waals surface area contributed by atoms with E-state index in [1.54, 1.807) is 0 Å². The number of nitrogens with one attached hydrogen (secondary N) is 1. The second kappa shape index (κ2) is 3.62. The summed E-state index contributed by atoms with van der Waals surface area (Å²) in [7, 11) is 0. The van der Waals surface area contributed by atoms with Gasteiger partial charge in [-0.2, -0.15) is 0 Å². The SMILES string of the molecule is CC(N)Cc1ccc2c(c1)C(C)CN2. The van der Waals surface area contributed by atoms with E-state index in [0.29, 0.717) is 5.92 Å². The smallest absolute Gasteiger partial charge is 0.0376 e. The van der Waals surface area contributed by atoms with Crippen LogP contribution in [0.5, 0.6) is 0 Å². The number of nitrogens with two attached hydrogens (primary N) is 1. The Hall–Kier alpha value is -1.02. The van der Waals surface area contributed by atoms with Crippen molar-refractivity contribution >= 4 is 5.69 Å². The molecule has 1 aliphatic rings. The van der Waals surface area contributed by atoms with Gasteiger partial charge >= 0.3 is 0 Å². The first-order valence-corrected chi connectivity index (χ1v) is 5.29. The fourth-order valence-electron chi connectivity index (χ4n) is 2.05. The van der Waals surface area contributed by atoms with Crippen LogP contribution >= 0.6 is 0 Å². The lowest BCUT2D eigenvalue weighted by atomic mass is 9.98. The van der Waals surface area contributed by atoms with Crippen LogP contribution < -0.4 is 11.1 Å². The van der Waals surface area contributed by atoms with Crippen LogP contribution in [-0.4, -0.2) is 12.6 Å². The molecule has 0 aromatic heterocycles. The maximum absolute atomic E-state index is 5.79. The molecular formula is C12H18N2. The van der Waals surface area contributed by atoms with Gasteiger partial charge in [-0.3, -0.25) is 0 Å². The third kappa shape index (κ3) is 1.75. The molecule has 0 aliphatic carbocycles. The molecule has 0 saturated carbocycles. The molecule has 0 saturated heterocycles. The minimum Gasteiger partial charge on any atom is -0.384 e. The fraction of sp³-hybridized carbons (Fsp3) is 0.500. The second-order valence-corrected chi connectivity index (χ2v) is 4.38. The maximum atomic E-state index is 5.79. The van der Waals surface area contributed by atoms with Gasteiger partial charge in [0.1, 0.15) is 0 Å². The van der Waals surface area contributed by atoms with Gasteiger partial charge < -0.3 is 11.1 Å². The van der Waals surface area contributed by atoms with Crippen molar-refractivity contribution in [3.8, 4) is 0 Å². The molecule has 2 rings (SSSR count). The molecule has 0 radical (unpaired) electrons. The summed E-state index contributed by atoms with van der Waals surface area (Å²) in [5.41, 5.74) is 9.89. The summed E-state index contributed by atoms with van der Waals surface area (Å²) in [4.78, 5) is 0. The lowest BCUT2D eigenvalue weighted by molar-refractivity contribution is 0.736. The minimum atomic E-state index is 0.248. The van der Waals surface area contributed by atoms with Crippen molar-refractivity contribution in [1.82, 2.24) is 0 Å². The number of hydrogen-bond donors (Lipinski definition) is 2. The summed E-state index contributed by atoms with van der Waals surface area (Å²) in [6, 6.07) is 6.89. The van der Waals surface area contributed by atoms with Crippen LogP contribution in [0.3, 0.4) is 0 Å². The number of fused-ring (bicyclic) bond motifs is 1. The highest BCUT2D eigenvalue weighted by atomic mass is 14.9. The van der Waals surface area contributed by atoms with Gasteiger partial charge in [-0.05, 0) is 30.5 Å². The summed E-state index contributed by atoms with van der Waals surface area (Å²) in [6.45, 7) is 5.38. The molecular weight excluding hydrogens is 172 g/mol. The molecule has 2 unspecified atom stereocenters. The van der Waals surface area contributed by atoms with E-state index in [2.05, 4.69) is 37.4 Å². The van der Waals surface area contributed by atoms with Crippen LogP contribution in [-0.2, 0) is 6.42 Å². The van der Waals surface area contributed by atoms with Crippen LogP contribution in [0.2, 0.25) is 0 Å². The molecule has 1 aromatic rings. The number of hydrogen-bond acceptors (Lipinski definition) is 2. The van der Waals surface area contributed by atoms with Gasteiger partial charge in [0.2, 0.25) is 0 Å². The van der Waals surface area contributed by atoms with Crippen LogP contribution in [0, 0.1) is 0 Å². The zero-order chi connectivity index (χ0) is 10.1. The summed E-state index contributed by atoms with van der Waals surface area (Å²) in [6.07, 6.45) is 0.972. The lowest BCUT2D eigenvalue weighted by Crippen LogP contribution is -2.17. The Morgan fingerprint density at radius 2 is 2.36 bits per heavy atom. The van der Waals surface area contributed by atoms with Gasteiger partial charge in [0.15, 0.2) is 0 Å². The van der Waals surface area contributed by atoms with Crippen LogP contribution in [0.25, 0.3) is 0 Å². The van der Waals surface area contributed by atoms with Crippen molar-refractivity contribution in [3.63, 3.8) is 0 Å². The standard InChI is InChI=1S/C12H18N2/c1-8-7-14-12-4-3-10(5-9(2)13)6-11(8)12/h3-4,6,8-9,14H,5,7,13H2,1-2H3. The zero-order valence-corrected chi connectivity index (χ0v) is 8.88. The average Bonchev–Trinajstić information content (AvgIpc) is 2.47. The monoisotopic (exact) mass is 190 g/mol. The third-order valence-corrected chi connectivity index (χ3v) is 2.80. The zero-order valence-electron chi connectivity index (χ0n) is 8.88. The molecule has 0 amide bonds. The van der Waals surface area contributed by atoms with Crippen LogP contribution in [0.4, 0.5) is 5.69 Å². The van der Waals surface area contributed by atoms with Crippen molar-refractivity contribution in [2.24, 2.45) is 5.73 Å². The lowest BCUT2D eigenvalue weighted by Gasteiger charge is -2.08.